The second-order valence-electron chi connectivity index (χ2n) is 4.01. The van der Waals surface area contributed by atoms with E-state index in [4.69, 9.17) is 5.73 Å². The van der Waals surface area contributed by atoms with E-state index < -0.39 is 0 Å². The summed E-state index contributed by atoms with van der Waals surface area (Å²) in [7, 11) is 0. The molecule has 14 heavy (non-hydrogen) atoms. The predicted molar refractivity (Wildman–Crippen MR) is 58.4 cm³/mol. The monoisotopic (exact) mass is 191 g/mol. The Hall–Kier alpha value is -1.09. The first kappa shape index (κ1) is 9.46. The lowest BCUT2D eigenvalue weighted by Crippen LogP contribution is -2.43. The molecule has 2 heterocycles. The van der Waals surface area contributed by atoms with Gasteiger partial charge >= 0.3 is 0 Å². The van der Waals surface area contributed by atoms with Gasteiger partial charge in [0.15, 0.2) is 0 Å². The predicted octanol–water partition coefficient (Wildman–Crippen LogP) is 1.32. The summed E-state index contributed by atoms with van der Waals surface area (Å²) in [5.74, 6) is 0. The summed E-state index contributed by atoms with van der Waals surface area (Å²) in [6.45, 7) is 4.20. The molecule has 0 saturated carbocycles. The molecule has 76 valence electrons. The van der Waals surface area contributed by atoms with Crippen molar-refractivity contribution < 1.29 is 0 Å². The second-order valence-corrected chi connectivity index (χ2v) is 4.01. The number of piperidine rings is 1. The topological polar surface area (TPSA) is 42.2 Å². The lowest BCUT2D eigenvalue weighted by Gasteiger charge is -2.33. The van der Waals surface area contributed by atoms with Crippen molar-refractivity contribution in [1.29, 1.82) is 0 Å². The number of nitrogens with two attached hydrogens (primary N) is 1. The third-order valence-corrected chi connectivity index (χ3v) is 2.81. The van der Waals surface area contributed by atoms with Gasteiger partial charge in [-0.15, -0.1) is 0 Å². The smallest absolute Gasteiger partial charge is 0.0582 e. The Morgan fingerprint density at radius 3 is 3.14 bits per heavy atom. The van der Waals surface area contributed by atoms with Crippen molar-refractivity contribution >= 4 is 5.69 Å². The molecular formula is C11H17N3. The molecule has 0 spiro atoms. The molecule has 0 aromatic carbocycles. The van der Waals surface area contributed by atoms with Crippen molar-refractivity contribution in [2.24, 2.45) is 5.73 Å². The fourth-order valence-corrected chi connectivity index (χ4v) is 2.02. The lowest BCUT2D eigenvalue weighted by atomic mass is 10.1. The molecule has 1 unspecified atom stereocenters. The van der Waals surface area contributed by atoms with E-state index in [0.717, 1.165) is 19.5 Å². The molecular weight excluding hydrogens is 174 g/mol. The first-order chi connectivity index (χ1) is 6.77. The van der Waals surface area contributed by atoms with Crippen LogP contribution in [0.5, 0.6) is 0 Å². The largest absolute Gasteiger partial charge is 0.369 e. The summed E-state index contributed by atoms with van der Waals surface area (Å²) >= 11 is 0. The van der Waals surface area contributed by atoms with Crippen LogP contribution >= 0.6 is 0 Å². The van der Waals surface area contributed by atoms with Gasteiger partial charge in [-0.05, 0) is 31.4 Å². The first-order valence-electron chi connectivity index (χ1n) is 5.18. The van der Waals surface area contributed by atoms with Gasteiger partial charge in [-0.2, -0.15) is 0 Å². The van der Waals surface area contributed by atoms with Crippen molar-refractivity contribution in [2.75, 3.05) is 18.0 Å². The number of nitrogens with zero attached hydrogens (tertiary/aromatic N) is 2. The number of pyridine rings is 1. The van der Waals surface area contributed by atoms with Crippen LogP contribution in [-0.4, -0.2) is 24.1 Å². The molecule has 3 nitrogen and oxygen atoms in total. The van der Waals surface area contributed by atoms with E-state index in [1.807, 2.05) is 12.4 Å². The number of hydrogen-bond acceptors (Lipinski definition) is 3. The highest BCUT2D eigenvalue weighted by molar-refractivity contribution is 5.51. The molecule has 1 aliphatic heterocycles. The third kappa shape index (κ3) is 1.87. The summed E-state index contributed by atoms with van der Waals surface area (Å²) < 4.78 is 0. The van der Waals surface area contributed by atoms with Crippen LogP contribution in [0.2, 0.25) is 0 Å². The minimum absolute atomic E-state index is 0.323. The van der Waals surface area contributed by atoms with Crippen LogP contribution in [0.25, 0.3) is 0 Å². The zero-order chi connectivity index (χ0) is 9.97. The Morgan fingerprint density at radius 1 is 1.57 bits per heavy atom. The van der Waals surface area contributed by atoms with Crippen LogP contribution in [0.15, 0.2) is 18.5 Å². The van der Waals surface area contributed by atoms with E-state index in [9.17, 15) is 0 Å². The maximum atomic E-state index is 5.95. The molecule has 2 rings (SSSR count). The van der Waals surface area contributed by atoms with Gasteiger partial charge in [0.1, 0.15) is 0 Å². The molecule has 0 amide bonds. The van der Waals surface area contributed by atoms with Crippen molar-refractivity contribution in [2.45, 2.75) is 25.8 Å². The van der Waals surface area contributed by atoms with E-state index in [2.05, 4.69) is 22.9 Å². The second kappa shape index (κ2) is 3.96. The van der Waals surface area contributed by atoms with Gasteiger partial charge in [0.05, 0.1) is 11.9 Å². The standard InChI is InChI=1S/C11H17N3/c1-9-4-5-13-7-11(9)14-6-2-3-10(12)8-14/h4-5,7,10H,2-3,6,8,12H2,1H3. The molecule has 1 fully saturated rings. The zero-order valence-electron chi connectivity index (χ0n) is 8.61. The maximum Gasteiger partial charge on any atom is 0.0582 e. The fourth-order valence-electron chi connectivity index (χ4n) is 2.02. The molecule has 0 radical (unpaired) electrons. The average molecular weight is 191 g/mol. The van der Waals surface area contributed by atoms with Gasteiger partial charge in [0, 0.05) is 25.3 Å². The van der Waals surface area contributed by atoms with Crippen molar-refractivity contribution in [1.82, 2.24) is 4.98 Å². The maximum absolute atomic E-state index is 5.95. The SMILES string of the molecule is Cc1ccncc1N1CCCC(N)C1. The number of aryl methyl sites for hydroxylation is 1. The van der Waals surface area contributed by atoms with Gasteiger partial charge in [0.2, 0.25) is 0 Å². The van der Waals surface area contributed by atoms with Crippen molar-refractivity contribution in [3.05, 3.63) is 24.0 Å². The normalized spacial score (nSPS) is 22.4. The van der Waals surface area contributed by atoms with Crippen LogP contribution in [0, 0.1) is 6.92 Å². The quantitative estimate of drug-likeness (QED) is 0.728. The molecule has 3 heteroatoms. The van der Waals surface area contributed by atoms with E-state index in [1.54, 1.807) is 0 Å². The Balaban J connectivity index is 2.18. The van der Waals surface area contributed by atoms with Crippen LogP contribution in [0.1, 0.15) is 18.4 Å². The third-order valence-electron chi connectivity index (χ3n) is 2.81. The Morgan fingerprint density at radius 2 is 2.43 bits per heavy atom. The van der Waals surface area contributed by atoms with Gasteiger partial charge in [-0.25, -0.2) is 0 Å². The Labute approximate surface area is 84.9 Å². The molecule has 0 aliphatic carbocycles. The highest BCUT2D eigenvalue weighted by Crippen LogP contribution is 2.21. The summed E-state index contributed by atoms with van der Waals surface area (Å²) in [5, 5.41) is 0. The fraction of sp³-hybridized carbons (Fsp3) is 0.545. The molecule has 2 N–H and O–H groups in total. The highest BCUT2D eigenvalue weighted by Gasteiger charge is 2.17. The first-order valence-corrected chi connectivity index (χ1v) is 5.18. The summed E-state index contributed by atoms with van der Waals surface area (Å²) in [5.41, 5.74) is 8.48. The number of anilines is 1. The Bertz CT molecular complexity index is 311. The highest BCUT2D eigenvalue weighted by atomic mass is 15.2. The Kier molecular flexibility index (Phi) is 2.68. The lowest BCUT2D eigenvalue weighted by molar-refractivity contribution is 0.505. The van der Waals surface area contributed by atoms with E-state index in [-0.39, 0.29) is 0 Å². The summed E-state index contributed by atoms with van der Waals surface area (Å²) in [6, 6.07) is 2.37. The van der Waals surface area contributed by atoms with Gasteiger partial charge < -0.3 is 10.6 Å². The summed E-state index contributed by atoms with van der Waals surface area (Å²) in [6.07, 6.45) is 6.11. The molecule has 1 aliphatic rings. The van der Waals surface area contributed by atoms with E-state index in [0.29, 0.717) is 6.04 Å². The van der Waals surface area contributed by atoms with Gasteiger partial charge in [-0.3, -0.25) is 4.98 Å². The minimum atomic E-state index is 0.323. The van der Waals surface area contributed by atoms with Crippen molar-refractivity contribution in [3.8, 4) is 0 Å². The number of rotatable bonds is 1. The van der Waals surface area contributed by atoms with Crippen molar-refractivity contribution in [3.63, 3.8) is 0 Å². The van der Waals surface area contributed by atoms with Crippen LogP contribution < -0.4 is 10.6 Å². The molecule has 1 atom stereocenters. The number of aromatic nitrogens is 1. The molecule has 1 aromatic heterocycles. The van der Waals surface area contributed by atoms with E-state index >= 15 is 0 Å². The van der Waals surface area contributed by atoms with Gasteiger partial charge in [0.25, 0.3) is 0 Å². The van der Waals surface area contributed by atoms with Gasteiger partial charge in [-0.1, -0.05) is 0 Å². The number of hydrogen-bond donors (Lipinski definition) is 1. The molecule has 1 saturated heterocycles. The van der Waals surface area contributed by atoms with E-state index in [1.165, 1.54) is 17.7 Å². The minimum Gasteiger partial charge on any atom is -0.369 e. The molecule has 0 bridgehead atoms. The summed E-state index contributed by atoms with van der Waals surface area (Å²) in [4.78, 5) is 6.51. The van der Waals surface area contributed by atoms with Crippen LogP contribution in [0.4, 0.5) is 5.69 Å². The molecule has 1 aromatic rings. The zero-order valence-corrected chi connectivity index (χ0v) is 8.61. The average Bonchev–Trinajstić information content (AvgIpc) is 2.18. The van der Waals surface area contributed by atoms with Crippen LogP contribution in [-0.2, 0) is 0 Å². The van der Waals surface area contributed by atoms with Crippen LogP contribution in [0.3, 0.4) is 0 Å².